The predicted molar refractivity (Wildman–Crippen MR) is 68.9 cm³/mol. The van der Waals surface area contributed by atoms with Crippen LogP contribution in [0.25, 0.3) is 0 Å². The molecule has 0 heteroatoms. The van der Waals surface area contributed by atoms with Crippen LogP contribution in [0, 0.1) is 5.92 Å². The van der Waals surface area contributed by atoms with Crippen LogP contribution in [0.1, 0.15) is 52.9 Å². The van der Waals surface area contributed by atoms with Crippen molar-refractivity contribution in [1.82, 2.24) is 0 Å². The van der Waals surface area contributed by atoms with Crippen LogP contribution in [0.2, 0.25) is 0 Å². The molecule has 15 heavy (non-hydrogen) atoms. The second-order valence-electron chi connectivity index (χ2n) is 4.96. The van der Waals surface area contributed by atoms with Crippen LogP contribution < -0.4 is 0 Å². The highest BCUT2D eigenvalue weighted by molar-refractivity contribution is 5.09. The molecule has 1 rings (SSSR count). The summed E-state index contributed by atoms with van der Waals surface area (Å²) in [6.07, 6.45) is 10.9. The van der Waals surface area contributed by atoms with Crippen LogP contribution in [0.5, 0.6) is 0 Å². The molecule has 1 atom stereocenters. The summed E-state index contributed by atoms with van der Waals surface area (Å²) in [6, 6.07) is 0. The molecule has 1 unspecified atom stereocenters. The number of allylic oxidation sites excluding steroid dienone is 5. The van der Waals surface area contributed by atoms with Crippen molar-refractivity contribution < 1.29 is 0 Å². The summed E-state index contributed by atoms with van der Waals surface area (Å²) in [5, 5.41) is 0. The Balaban J connectivity index is 2.70. The minimum absolute atomic E-state index is 0.682. The van der Waals surface area contributed by atoms with E-state index in [1.165, 1.54) is 43.3 Å². The van der Waals surface area contributed by atoms with Crippen molar-refractivity contribution in [3.05, 3.63) is 35.5 Å². The molecule has 0 nitrogen and oxygen atoms in total. The molecule has 1 aliphatic rings. The fourth-order valence-electron chi connectivity index (χ4n) is 2.06. The van der Waals surface area contributed by atoms with Gasteiger partial charge in [0, 0.05) is 0 Å². The molecule has 0 fully saturated rings. The van der Waals surface area contributed by atoms with Gasteiger partial charge in [0.05, 0.1) is 0 Å². The SMILES string of the molecule is C=C(C)C1C/C=C(/C)CC/C=C(/C)CC1. The molecule has 1 aliphatic carbocycles. The Morgan fingerprint density at radius 2 is 1.87 bits per heavy atom. The zero-order valence-corrected chi connectivity index (χ0v) is 10.5. The third kappa shape index (κ3) is 4.51. The maximum absolute atomic E-state index is 4.11. The van der Waals surface area contributed by atoms with Gasteiger partial charge >= 0.3 is 0 Å². The van der Waals surface area contributed by atoms with Crippen LogP contribution >= 0.6 is 0 Å². The largest absolute Gasteiger partial charge is 0.0998 e. The van der Waals surface area contributed by atoms with Gasteiger partial charge in [-0.25, -0.2) is 0 Å². The van der Waals surface area contributed by atoms with E-state index in [0.717, 1.165) is 0 Å². The predicted octanol–water partition coefficient (Wildman–Crippen LogP) is 5.04. The fourth-order valence-corrected chi connectivity index (χ4v) is 2.06. The molecule has 0 heterocycles. The number of hydrogen-bond donors (Lipinski definition) is 0. The zero-order chi connectivity index (χ0) is 11.3. The van der Waals surface area contributed by atoms with Gasteiger partial charge in [0.25, 0.3) is 0 Å². The molecular formula is C15H24. The van der Waals surface area contributed by atoms with E-state index < -0.39 is 0 Å². The first-order valence-electron chi connectivity index (χ1n) is 6.06. The van der Waals surface area contributed by atoms with Crippen molar-refractivity contribution in [1.29, 1.82) is 0 Å². The Kier molecular flexibility index (Phi) is 4.87. The van der Waals surface area contributed by atoms with Crippen LogP contribution in [0.4, 0.5) is 0 Å². The second-order valence-corrected chi connectivity index (χ2v) is 4.96. The molecular weight excluding hydrogens is 180 g/mol. The summed E-state index contributed by atoms with van der Waals surface area (Å²) in [6.45, 7) is 10.8. The van der Waals surface area contributed by atoms with Crippen molar-refractivity contribution >= 4 is 0 Å². The van der Waals surface area contributed by atoms with E-state index in [1.807, 2.05) is 0 Å². The maximum Gasteiger partial charge on any atom is -0.0171 e. The molecule has 0 aromatic heterocycles. The Bertz CT molecular complexity index is 278. The van der Waals surface area contributed by atoms with Crippen molar-refractivity contribution in [3.8, 4) is 0 Å². The quantitative estimate of drug-likeness (QED) is 0.525. The third-order valence-electron chi connectivity index (χ3n) is 3.37. The Hall–Kier alpha value is -0.780. The Morgan fingerprint density at radius 3 is 2.53 bits per heavy atom. The van der Waals surface area contributed by atoms with Gasteiger partial charge in [0.2, 0.25) is 0 Å². The van der Waals surface area contributed by atoms with Gasteiger partial charge in [0.1, 0.15) is 0 Å². The van der Waals surface area contributed by atoms with Gasteiger partial charge in [-0.3, -0.25) is 0 Å². The minimum atomic E-state index is 0.682. The van der Waals surface area contributed by atoms with E-state index in [4.69, 9.17) is 0 Å². The first kappa shape index (κ1) is 12.3. The minimum Gasteiger partial charge on any atom is -0.0998 e. The molecule has 0 aromatic rings. The number of rotatable bonds is 1. The zero-order valence-electron chi connectivity index (χ0n) is 10.5. The standard InChI is InChI=1S/C15H24/c1-12(2)15-10-8-13(3)6-5-7-14(4)9-11-15/h6,9,15H,1,5,7-8,10-11H2,2-4H3/b13-6-,14-9-. The van der Waals surface area contributed by atoms with E-state index in [0.29, 0.717) is 5.92 Å². The van der Waals surface area contributed by atoms with Crippen molar-refractivity contribution in [2.24, 2.45) is 5.92 Å². The summed E-state index contributed by atoms with van der Waals surface area (Å²) >= 11 is 0. The van der Waals surface area contributed by atoms with Gasteiger partial charge in [-0.15, -0.1) is 0 Å². The van der Waals surface area contributed by atoms with Crippen molar-refractivity contribution in [2.45, 2.75) is 52.9 Å². The highest BCUT2D eigenvalue weighted by atomic mass is 14.1. The number of hydrogen-bond acceptors (Lipinski definition) is 0. The Morgan fingerprint density at radius 1 is 1.20 bits per heavy atom. The molecule has 0 aromatic carbocycles. The highest BCUT2D eigenvalue weighted by Gasteiger charge is 2.09. The van der Waals surface area contributed by atoms with Crippen LogP contribution in [-0.2, 0) is 0 Å². The molecule has 0 saturated heterocycles. The third-order valence-corrected chi connectivity index (χ3v) is 3.37. The van der Waals surface area contributed by atoms with E-state index in [1.54, 1.807) is 5.57 Å². The molecule has 0 aliphatic heterocycles. The van der Waals surface area contributed by atoms with Gasteiger partial charge in [-0.1, -0.05) is 35.5 Å². The summed E-state index contributed by atoms with van der Waals surface area (Å²) < 4.78 is 0. The summed E-state index contributed by atoms with van der Waals surface area (Å²) in [5.74, 6) is 0.682. The lowest BCUT2D eigenvalue weighted by atomic mass is 9.89. The van der Waals surface area contributed by atoms with Crippen molar-refractivity contribution in [3.63, 3.8) is 0 Å². The normalized spacial score (nSPS) is 31.0. The summed E-state index contributed by atoms with van der Waals surface area (Å²) in [7, 11) is 0. The Labute approximate surface area is 94.8 Å². The van der Waals surface area contributed by atoms with Gasteiger partial charge in [-0.05, 0) is 58.8 Å². The molecule has 84 valence electrons. The van der Waals surface area contributed by atoms with Crippen LogP contribution in [0.3, 0.4) is 0 Å². The van der Waals surface area contributed by atoms with Gasteiger partial charge < -0.3 is 0 Å². The van der Waals surface area contributed by atoms with E-state index >= 15 is 0 Å². The first-order chi connectivity index (χ1) is 7.09. The lowest BCUT2D eigenvalue weighted by Gasteiger charge is -2.17. The van der Waals surface area contributed by atoms with Crippen molar-refractivity contribution in [2.75, 3.05) is 0 Å². The highest BCUT2D eigenvalue weighted by Crippen LogP contribution is 2.25. The lowest BCUT2D eigenvalue weighted by molar-refractivity contribution is 0.562. The second kappa shape index (κ2) is 5.95. The maximum atomic E-state index is 4.11. The average Bonchev–Trinajstić information content (AvgIpc) is 2.16. The van der Waals surface area contributed by atoms with Crippen LogP contribution in [0.15, 0.2) is 35.5 Å². The molecule has 0 saturated carbocycles. The molecule has 0 bridgehead atoms. The first-order valence-corrected chi connectivity index (χ1v) is 6.06. The van der Waals surface area contributed by atoms with E-state index in [9.17, 15) is 0 Å². The smallest absolute Gasteiger partial charge is 0.0171 e. The molecule has 0 amide bonds. The monoisotopic (exact) mass is 204 g/mol. The average molecular weight is 204 g/mol. The van der Waals surface area contributed by atoms with E-state index in [-0.39, 0.29) is 0 Å². The molecule has 0 spiro atoms. The molecule has 0 radical (unpaired) electrons. The summed E-state index contributed by atoms with van der Waals surface area (Å²) in [5.41, 5.74) is 4.43. The lowest BCUT2D eigenvalue weighted by Crippen LogP contribution is -2.02. The summed E-state index contributed by atoms with van der Waals surface area (Å²) in [4.78, 5) is 0. The van der Waals surface area contributed by atoms with Gasteiger partial charge in [0.15, 0.2) is 0 Å². The fraction of sp³-hybridized carbons (Fsp3) is 0.600. The topological polar surface area (TPSA) is 0 Å². The molecule has 0 N–H and O–H groups in total. The van der Waals surface area contributed by atoms with Gasteiger partial charge in [-0.2, -0.15) is 0 Å². The van der Waals surface area contributed by atoms with E-state index in [2.05, 4.69) is 39.5 Å². The van der Waals surface area contributed by atoms with Crippen LogP contribution in [-0.4, -0.2) is 0 Å².